The van der Waals surface area contributed by atoms with Gasteiger partial charge < -0.3 is 10.2 Å². The molecule has 2 fully saturated rings. The second kappa shape index (κ2) is 7.10. The summed E-state index contributed by atoms with van der Waals surface area (Å²) in [6.45, 7) is 13.6. The maximum Gasteiger partial charge on any atom is 0.240 e. The normalized spacial score (nSPS) is 27.2. The highest BCUT2D eigenvalue weighted by Gasteiger charge is 2.39. The average Bonchev–Trinajstić information content (AvgIpc) is 2.37. The Kier molecular flexibility index (Phi) is 6.29. The Morgan fingerprint density at radius 3 is 2.30 bits per heavy atom. The fourth-order valence-corrected chi connectivity index (χ4v) is 3.27. The van der Waals surface area contributed by atoms with Crippen molar-refractivity contribution in [1.29, 1.82) is 0 Å². The molecule has 0 aromatic rings. The van der Waals surface area contributed by atoms with E-state index < -0.39 is 0 Å². The predicted molar refractivity (Wildman–Crippen MR) is 85.3 cm³/mol. The van der Waals surface area contributed by atoms with Crippen molar-refractivity contribution in [1.82, 2.24) is 15.1 Å². The van der Waals surface area contributed by atoms with Crippen molar-refractivity contribution in [2.45, 2.75) is 52.6 Å². The molecule has 2 aliphatic heterocycles. The van der Waals surface area contributed by atoms with E-state index in [0.717, 1.165) is 39.1 Å². The van der Waals surface area contributed by atoms with Crippen molar-refractivity contribution in [2.75, 3.05) is 32.7 Å². The van der Waals surface area contributed by atoms with Crippen LogP contribution in [0.3, 0.4) is 0 Å². The Bertz CT molecular complexity index is 325. The molecule has 0 radical (unpaired) electrons. The summed E-state index contributed by atoms with van der Waals surface area (Å²) in [4.78, 5) is 17.2. The van der Waals surface area contributed by atoms with Gasteiger partial charge in [-0.3, -0.25) is 9.69 Å². The summed E-state index contributed by atoms with van der Waals surface area (Å²) < 4.78 is 0. The molecule has 118 valence electrons. The van der Waals surface area contributed by atoms with E-state index in [4.69, 9.17) is 0 Å². The van der Waals surface area contributed by atoms with Crippen LogP contribution in [-0.2, 0) is 4.79 Å². The Balaban J connectivity index is 0.00000200. The second-order valence-corrected chi connectivity index (χ2v) is 6.93. The Morgan fingerprint density at radius 2 is 1.80 bits per heavy atom. The molecule has 20 heavy (non-hydrogen) atoms. The fourth-order valence-electron chi connectivity index (χ4n) is 3.27. The summed E-state index contributed by atoms with van der Waals surface area (Å²) >= 11 is 0. The third-order valence-electron chi connectivity index (χ3n) is 4.73. The first-order valence-electron chi connectivity index (χ1n) is 7.68. The van der Waals surface area contributed by atoms with Gasteiger partial charge in [-0.25, -0.2) is 0 Å². The van der Waals surface area contributed by atoms with Crippen LogP contribution in [0.4, 0.5) is 0 Å². The molecule has 1 amide bonds. The van der Waals surface area contributed by atoms with Crippen molar-refractivity contribution in [3.05, 3.63) is 0 Å². The lowest BCUT2D eigenvalue weighted by Crippen LogP contribution is -2.60. The van der Waals surface area contributed by atoms with Crippen molar-refractivity contribution in [2.24, 2.45) is 5.41 Å². The van der Waals surface area contributed by atoms with Crippen LogP contribution in [0.5, 0.6) is 0 Å². The van der Waals surface area contributed by atoms with Gasteiger partial charge in [0, 0.05) is 32.2 Å². The quantitative estimate of drug-likeness (QED) is 0.844. The number of nitrogens with zero attached hydrogens (tertiary/aromatic N) is 2. The molecule has 1 N–H and O–H groups in total. The number of nitrogens with one attached hydrogen (secondary N) is 1. The van der Waals surface area contributed by atoms with Crippen LogP contribution in [0.25, 0.3) is 0 Å². The van der Waals surface area contributed by atoms with Crippen molar-refractivity contribution >= 4 is 18.3 Å². The lowest BCUT2D eigenvalue weighted by molar-refractivity contribution is -0.139. The van der Waals surface area contributed by atoms with E-state index in [1.807, 2.05) is 0 Å². The number of halogens is 1. The molecular formula is C15H30ClN3O. The highest BCUT2D eigenvalue weighted by atomic mass is 35.5. The molecule has 0 saturated carbocycles. The minimum atomic E-state index is 0. The van der Waals surface area contributed by atoms with Crippen molar-refractivity contribution in [3.63, 3.8) is 0 Å². The largest absolute Gasteiger partial charge is 0.339 e. The average molecular weight is 304 g/mol. The summed E-state index contributed by atoms with van der Waals surface area (Å²) in [7, 11) is 0. The van der Waals surface area contributed by atoms with Gasteiger partial charge in [0.15, 0.2) is 0 Å². The molecule has 0 aliphatic carbocycles. The molecule has 2 rings (SSSR count). The van der Waals surface area contributed by atoms with Gasteiger partial charge in [-0.1, -0.05) is 13.8 Å². The second-order valence-electron chi connectivity index (χ2n) is 6.93. The Morgan fingerprint density at radius 1 is 1.20 bits per heavy atom. The number of carbonyl (C=O) groups excluding carboxylic acids is 1. The molecule has 1 unspecified atom stereocenters. The summed E-state index contributed by atoms with van der Waals surface area (Å²) in [6.07, 6.45) is 2.32. The molecule has 2 aliphatic rings. The minimum absolute atomic E-state index is 0. The zero-order valence-corrected chi connectivity index (χ0v) is 14.1. The third-order valence-corrected chi connectivity index (χ3v) is 4.73. The van der Waals surface area contributed by atoms with E-state index >= 15 is 0 Å². The van der Waals surface area contributed by atoms with Crippen LogP contribution in [0, 0.1) is 5.41 Å². The Hall–Kier alpha value is -0.320. The lowest BCUT2D eigenvalue weighted by atomic mass is 9.77. The lowest BCUT2D eigenvalue weighted by Gasteiger charge is -2.43. The summed E-state index contributed by atoms with van der Waals surface area (Å²) in [5.41, 5.74) is 0.0878. The summed E-state index contributed by atoms with van der Waals surface area (Å²) in [5.74, 6) is 0.313. The summed E-state index contributed by atoms with van der Waals surface area (Å²) in [6, 6.07) is 0.591. The van der Waals surface area contributed by atoms with Crippen LogP contribution in [0.15, 0.2) is 0 Å². The van der Waals surface area contributed by atoms with Gasteiger partial charge in [0.25, 0.3) is 0 Å². The van der Waals surface area contributed by atoms with Gasteiger partial charge in [-0.2, -0.15) is 0 Å². The Labute approximate surface area is 129 Å². The molecule has 1 atom stereocenters. The van der Waals surface area contributed by atoms with E-state index in [-0.39, 0.29) is 23.9 Å². The molecule has 2 saturated heterocycles. The van der Waals surface area contributed by atoms with Gasteiger partial charge in [-0.15, -0.1) is 12.4 Å². The van der Waals surface area contributed by atoms with Crippen LogP contribution in [0.2, 0.25) is 0 Å². The highest BCUT2D eigenvalue weighted by Crippen LogP contribution is 2.31. The van der Waals surface area contributed by atoms with E-state index in [9.17, 15) is 4.79 Å². The van der Waals surface area contributed by atoms with Gasteiger partial charge >= 0.3 is 0 Å². The first-order chi connectivity index (χ1) is 8.92. The predicted octanol–water partition coefficient (Wildman–Crippen LogP) is 1.74. The smallest absolute Gasteiger partial charge is 0.240 e. The zero-order valence-electron chi connectivity index (χ0n) is 13.3. The number of piperidine rings is 1. The molecule has 2 heterocycles. The molecule has 0 aromatic heterocycles. The molecule has 0 spiro atoms. The van der Waals surface area contributed by atoms with Gasteiger partial charge in [0.05, 0.1) is 6.04 Å². The molecule has 0 bridgehead atoms. The molecular weight excluding hydrogens is 274 g/mol. The SMILES string of the molecule is CC(C)N1CCN(C(=O)C2NCCCC2(C)C)CC1.Cl. The molecule has 4 nitrogen and oxygen atoms in total. The minimum Gasteiger partial charge on any atom is -0.339 e. The number of piperazine rings is 1. The van der Waals surface area contributed by atoms with Crippen LogP contribution >= 0.6 is 12.4 Å². The van der Waals surface area contributed by atoms with Crippen molar-refractivity contribution in [3.8, 4) is 0 Å². The maximum atomic E-state index is 12.7. The number of rotatable bonds is 2. The standard InChI is InChI=1S/C15H29N3O.ClH/c1-12(2)17-8-10-18(11-9-17)14(19)13-15(3,4)6-5-7-16-13;/h12-13,16H,5-11H2,1-4H3;1H. The third kappa shape index (κ3) is 3.86. The monoisotopic (exact) mass is 303 g/mol. The number of amides is 1. The van der Waals surface area contributed by atoms with Crippen LogP contribution < -0.4 is 5.32 Å². The van der Waals surface area contributed by atoms with Gasteiger partial charge in [-0.05, 0) is 38.6 Å². The van der Waals surface area contributed by atoms with E-state index in [1.54, 1.807) is 0 Å². The molecule has 5 heteroatoms. The van der Waals surface area contributed by atoms with E-state index in [0.29, 0.717) is 11.9 Å². The maximum absolute atomic E-state index is 12.7. The van der Waals surface area contributed by atoms with Crippen molar-refractivity contribution < 1.29 is 4.79 Å². The first kappa shape index (κ1) is 17.7. The zero-order chi connectivity index (χ0) is 14.0. The topological polar surface area (TPSA) is 35.6 Å². The van der Waals surface area contributed by atoms with Gasteiger partial charge in [0.1, 0.15) is 0 Å². The number of hydrogen-bond acceptors (Lipinski definition) is 3. The first-order valence-corrected chi connectivity index (χ1v) is 7.68. The molecule has 0 aromatic carbocycles. The highest BCUT2D eigenvalue weighted by molar-refractivity contribution is 5.85. The van der Waals surface area contributed by atoms with E-state index in [2.05, 4.69) is 42.8 Å². The fraction of sp³-hybridized carbons (Fsp3) is 0.933. The number of hydrogen-bond donors (Lipinski definition) is 1. The van der Waals surface area contributed by atoms with Crippen LogP contribution in [0.1, 0.15) is 40.5 Å². The number of carbonyl (C=O) groups is 1. The van der Waals surface area contributed by atoms with E-state index in [1.165, 1.54) is 6.42 Å². The van der Waals surface area contributed by atoms with Crippen LogP contribution in [-0.4, -0.2) is 60.5 Å². The van der Waals surface area contributed by atoms with Gasteiger partial charge in [0.2, 0.25) is 5.91 Å². The summed E-state index contributed by atoms with van der Waals surface area (Å²) in [5, 5.41) is 3.44.